The van der Waals surface area contributed by atoms with Crippen LogP contribution >= 0.6 is 11.6 Å². The van der Waals surface area contributed by atoms with Crippen LogP contribution in [0.4, 0.5) is 5.69 Å². The maximum absolute atomic E-state index is 13.3. The molecular weight excluding hydrogens is 474 g/mol. The number of hydrogen-bond acceptors (Lipinski definition) is 5. The lowest BCUT2D eigenvalue weighted by Crippen LogP contribution is -2.39. The highest BCUT2D eigenvalue weighted by molar-refractivity contribution is 7.92. The van der Waals surface area contributed by atoms with Crippen LogP contribution in [0.3, 0.4) is 0 Å². The molecule has 9 heteroatoms. The second-order valence-electron chi connectivity index (χ2n) is 7.34. The molecule has 0 bridgehead atoms. The van der Waals surface area contributed by atoms with Gasteiger partial charge in [-0.3, -0.25) is 9.10 Å². The molecule has 0 saturated heterocycles. The van der Waals surface area contributed by atoms with Crippen LogP contribution in [0.1, 0.15) is 25.3 Å². The number of unbranched alkanes of at least 4 members (excludes halogenated alkanes) is 1. The molecule has 178 valence electrons. The summed E-state index contributed by atoms with van der Waals surface area (Å²) in [6.45, 7) is 2.26. The second kappa shape index (κ2) is 12.2. The van der Waals surface area contributed by atoms with E-state index in [4.69, 9.17) is 16.3 Å². The summed E-state index contributed by atoms with van der Waals surface area (Å²) in [7, 11) is -4.04. The lowest BCUT2D eigenvalue weighted by atomic mass is 10.2. The van der Waals surface area contributed by atoms with Crippen molar-refractivity contribution in [3.05, 3.63) is 89.4 Å². The SMILES string of the molecule is CCCCOc1ccc(/C=N/NC(=O)CN(c2ccccc2Cl)S(=O)(=O)c2ccccc2)cc1. The third-order valence-corrected chi connectivity index (χ3v) is 6.88. The van der Waals surface area contributed by atoms with Crippen LogP contribution in [-0.4, -0.2) is 33.7 Å². The van der Waals surface area contributed by atoms with Crippen LogP contribution in [0.2, 0.25) is 5.02 Å². The first-order valence-electron chi connectivity index (χ1n) is 10.8. The number of amides is 1. The van der Waals surface area contributed by atoms with Crippen LogP contribution in [0.25, 0.3) is 0 Å². The fraction of sp³-hybridized carbons (Fsp3) is 0.200. The minimum absolute atomic E-state index is 0.0486. The predicted molar refractivity (Wildman–Crippen MR) is 135 cm³/mol. The van der Waals surface area contributed by atoms with E-state index in [1.165, 1.54) is 18.3 Å². The van der Waals surface area contributed by atoms with Gasteiger partial charge in [-0.1, -0.05) is 55.3 Å². The van der Waals surface area contributed by atoms with Gasteiger partial charge in [0, 0.05) is 0 Å². The van der Waals surface area contributed by atoms with Gasteiger partial charge in [-0.15, -0.1) is 0 Å². The zero-order chi connectivity index (χ0) is 24.4. The number of hydrogen-bond donors (Lipinski definition) is 1. The van der Waals surface area contributed by atoms with Gasteiger partial charge in [0.2, 0.25) is 0 Å². The van der Waals surface area contributed by atoms with Crippen molar-refractivity contribution in [1.82, 2.24) is 5.43 Å². The summed E-state index contributed by atoms with van der Waals surface area (Å²) >= 11 is 6.26. The van der Waals surface area contributed by atoms with Crippen LogP contribution in [0.15, 0.2) is 88.9 Å². The molecule has 0 radical (unpaired) electrons. The Hall–Kier alpha value is -3.36. The van der Waals surface area contributed by atoms with Crippen molar-refractivity contribution in [1.29, 1.82) is 0 Å². The van der Waals surface area contributed by atoms with Gasteiger partial charge in [-0.25, -0.2) is 13.8 Å². The van der Waals surface area contributed by atoms with Gasteiger partial charge in [-0.05, 0) is 60.5 Å². The molecule has 0 aromatic heterocycles. The van der Waals surface area contributed by atoms with E-state index < -0.39 is 22.5 Å². The number of sulfonamides is 1. The van der Waals surface area contributed by atoms with Crippen molar-refractivity contribution >= 4 is 39.4 Å². The highest BCUT2D eigenvalue weighted by Crippen LogP contribution is 2.30. The van der Waals surface area contributed by atoms with Crippen molar-refractivity contribution in [2.75, 3.05) is 17.5 Å². The fourth-order valence-electron chi connectivity index (χ4n) is 3.00. The van der Waals surface area contributed by atoms with Crippen LogP contribution in [-0.2, 0) is 14.8 Å². The summed E-state index contributed by atoms with van der Waals surface area (Å²) in [6, 6.07) is 21.6. The van der Waals surface area contributed by atoms with E-state index in [0.717, 1.165) is 28.5 Å². The number of carbonyl (C=O) groups excluding carboxylic acids is 1. The first-order chi connectivity index (χ1) is 16.4. The van der Waals surface area contributed by atoms with Gasteiger partial charge in [0.05, 0.1) is 28.4 Å². The summed E-state index contributed by atoms with van der Waals surface area (Å²) < 4.78 is 33.1. The Bertz CT molecular complexity index is 1220. The predicted octanol–water partition coefficient (Wildman–Crippen LogP) is 4.86. The number of hydrazone groups is 1. The number of halogens is 1. The van der Waals surface area contributed by atoms with Crippen molar-refractivity contribution in [3.8, 4) is 5.75 Å². The molecule has 1 amide bonds. The molecule has 3 aromatic rings. The standard InChI is InChI=1S/C25H26ClN3O4S/c1-2-3-17-33-21-15-13-20(14-16-21)18-27-28-25(30)19-29(24-12-8-7-11-23(24)26)34(31,32)22-9-5-4-6-10-22/h4-16,18H,2-3,17,19H2,1H3,(H,28,30)/b27-18+. The maximum atomic E-state index is 13.3. The number of nitrogens with zero attached hydrogens (tertiary/aromatic N) is 2. The minimum Gasteiger partial charge on any atom is -0.494 e. The Morgan fingerprint density at radius 1 is 1.03 bits per heavy atom. The number of carbonyl (C=O) groups is 1. The van der Waals surface area contributed by atoms with Crippen molar-refractivity contribution in [2.24, 2.45) is 5.10 Å². The first-order valence-corrected chi connectivity index (χ1v) is 12.6. The largest absolute Gasteiger partial charge is 0.494 e. The van der Waals surface area contributed by atoms with Crippen LogP contribution in [0.5, 0.6) is 5.75 Å². The molecule has 0 spiro atoms. The Balaban J connectivity index is 1.71. The van der Waals surface area contributed by atoms with E-state index in [2.05, 4.69) is 17.5 Å². The molecule has 0 aliphatic heterocycles. The van der Waals surface area contributed by atoms with Gasteiger partial charge in [-0.2, -0.15) is 5.10 Å². The topological polar surface area (TPSA) is 88.1 Å². The monoisotopic (exact) mass is 499 g/mol. The third-order valence-electron chi connectivity index (χ3n) is 4.79. The van der Waals surface area contributed by atoms with Crippen LogP contribution < -0.4 is 14.5 Å². The second-order valence-corrected chi connectivity index (χ2v) is 9.61. The van der Waals surface area contributed by atoms with Crippen molar-refractivity contribution in [2.45, 2.75) is 24.7 Å². The average Bonchev–Trinajstić information content (AvgIpc) is 2.85. The number of anilines is 1. The number of nitrogens with one attached hydrogen (secondary N) is 1. The average molecular weight is 500 g/mol. The normalized spacial score (nSPS) is 11.4. The van der Waals surface area contributed by atoms with Gasteiger partial charge >= 0.3 is 0 Å². The summed E-state index contributed by atoms with van der Waals surface area (Å²) in [5, 5.41) is 4.16. The smallest absolute Gasteiger partial charge is 0.264 e. The number of ether oxygens (including phenoxy) is 1. The van der Waals surface area contributed by atoms with E-state index >= 15 is 0 Å². The zero-order valence-electron chi connectivity index (χ0n) is 18.7. The van der Waals surface area contributed by atoms with E-state index in [-0.39, 0.29) is 15.6 Å². The van der Waals surface area contributed by atoms with E-state index in [9.17, 15) is 13.2 Å². The molecule has 0 aliphatic rings. The lowest BCUT2D eigenvalue weighted by Gasteiger charge is -2.24. The molecule has 0 saturated carbocycles. The van der Waals surface area contributed by atoms with Crippen molar-refractivity contribution < 1.29 is 17.9 Å². The van der Waals surface area contributed by atoms with Gasteiger partial charge in [0.25, 0.3) is 15.9 Å². The molecule has 0 atom stereocenters. The Kier molecular flexibility index (Phi) is 9.07. The van der Waals surface area contributed by atoms with Crippen molar-refractivity contribution in [3.63, 3.8) is 0 Å². The molecule has 0 fully saturated rings. The fourth-order valence-corrected chi connectivity index (χ4v) is 4.75. The van der Waals surface area contributed by atoms with E-state index in [0.29, 0.717) is 6.61 Å². The molecule has 0 aliphatic carbocycles. The number of benzene rings is 3. The number of para-hydroxylation sites is 1. The molecule has 1 N–H and O–H groups in total. The van der Waals surface area contributed by atoms with Gasteiger partial charge in [0.1, 0.15) is 12.3 Å². The van der Waals surface area contributed by atoms with E-state index in [1.807, 2.05) is 24.3 Å². The van der Waals surface area contributed by atoms with Gasteiger partial charge < -0.3 is 4.74 Å². The minimum atomic E-state index is -4.04. The first kappa shape index (κ1) is 25.3. The molecule has 7 nitrogen and oxygen atoms in total. The molecular formula is C25H26ClN3O4S. The lowest BCUT2D eigenvalue weighted by molar-refractivity contribution is -0.119. The number of rotatable bonds is 11. The van der Waals surface area contributed by atoms with E-state index in [1.54, 1.807) is 42.5 Å². The molecule has 3 rings (SSSR count). The third kappa shape index (κ3) is 6.82. The highest BCUT2D eigenvalue weighted by Gasteiger charge is 2.28. The molecule has 0 unspecified atom stereocenters. The Morgan fingerprint density at radius 3 is 2.38 bits per heavy atom. The maximum Gasteiger partial charge on any atom is 0.264 e. The quantitative estimate of drug-likeness (QED) is 0.232. The van der Waals surface area contributed by atoms with Gasteiger partial charge in [0.15, 0.2) is 0 Å². The zero-order valence-corrected chi connectivity index (χ0v) is 20.3. The summed E-state index contributed by atoms with van der Waals surface area (Å²) in [6.07, 6.45) is 3.52. The summed E-state index contributed by atoms with van der Waals surface area (Å²) in [5.41, 5.74) is 3.33. The summed E-state index contributed by atoms with van der Waals surface area (Å²) in [4.78, 5) is 12.7. The van der Waals surface area contributed by atoms with Crippen LogP contribution in [0, 0.1) is 0 Å². The molecule has 3 aromatic carbocycles. The molecule has 0 heterocycles. The summed E-state index contributed by atoms with van der Waals surface area (Å²) in [5.74, 6) is 0.145. The Morgan fingerprint density at radius 2 is 1.71 bits per heavy atom. The highest BCUT2D eigenvalue weighted by atomic mass is 35.5. The molecule has 34 heavy (non-hydrogen) atoms. The Labute approximate surface area is 205 Å².